The second kappa shape index (κ2) is 12.9. The van der Waals surface area contributed by atoms with Crippen LogP contribution in [0.4, 0.5) is 18.9 Å². The molecule has 11 heteroatoms. The molecule has 7 nitrogen and oxygen atoms in total. The first kappa shape index (κ1) is 30.1. The van der Waals surface area contributed by atoms with E-state index in [1.807, 2.05) is 44.2 Å². The highest BCUT2D eigenvalue weighted by atomic mass is 32.2. The van der Waals surface area contributed by atoms with Crippen molar-refractivity contribution in [1.29, 1.82) is 0 Å². The quantitative estimate of drug-likeness (QED) is 0.436. The van der Waals surface area contributed by atoms with Gasteiger partial charge in [-0.2, -0.15) is 13.2 Å². The average molecular weight is 542 g/mol. The summed E-state index contributed by atoms with van der Waals surface area (Å²) in [7, 11) is -4.13. The van der Waals surface area contributed by atoms with E-state index in [0.29, 0.717) is 23.2 Å². The van der Waals surface area contributed by atoms with Gasteiger partial charge in [0, 0.05) is 12.6 Å². The molecule has 0 bridgehead atoms. The minimum absolute atomic E-state index is 0.121. The number of nitrogens with one attached hydrogen (secondary N) is 1. The smallest absolute Gasteiger partial charge is 0.352 e. The Labute approximate surface area is 216 Å². The number of anilines is 1. The highest BCUT2D eigenvalue weighted by Crippen LogP contribution is 2.32. The zero-order valence-electron chi connectivity index (χ0n) is 21.5. The Morgan fingerprint density at radius 1 is 1.00 bits per heavy atom. The van der Waals surface area contributed by atoms with Gasteiger partial charge in [-0.1, -0.05) is 50.2 Å². The summed E-state index contributed by atoms with van der Waals surface area (Å²) in [6.45, 7) is 4.85. The maximum Gasteiger partial charge on any atom is 0.416 e. The SMILES string of the molecule is CC[C@H](C)NC(=O)[C@H](CC)N(CCc1ccccc1)C(=O)CN(c1cccc(C(F)(F)F)c1)S(C)(=O)=O. The van der Waals surface area contributed by atoms with Crippen LogP contribution >= 0.6 is 0 Å². The number of halogens is 3. The monoisotopic (exact) mass is 541 g/mol. The van der Waals surface area contributed by atoms with Gasteiger partial charge in [0.25, 0.3) is 0 Å². The molecule has 2 aromatic rings. The minimum Gasteiger partial charge on any atom is -0.352 e. The van der Waals surface area contributed by atoms with Gasteiger partial charge in [-0.25, -0.2) is 8.42 Å². The lowest BCUT2D eigenvalue weighted by molar-refractivity contribution is -0.139. The van der Waals surface area contributed by atoms with Crippen molar-refractivity contribution >= 4 is 27.5 Å². The van der Waals surface area contributed by atoms with Crippen molar-refractivity contribution in [2.24, 2.45) is 0 Å². The number of nitrogens with zero attached hydrogens (tertiary/aromatic N) is 2. The molecule has 2 atom stereocenters. The topological polar surface area (TPSA) is 86.8 Å². The van der Waals surface area contributed by atoms with Crippen LogP contribution in [0.3, 0.4) is 0 Å². The normalized spacial score (nSPS) is 13.5. The zero-order valence-corrected chi connectivity index (χ0v) is 22.3. The first-order valence-electron chi connectivity index (χ1n) is 12.1. The van der Waals surface area contributed by atoms with Gasteiger partial charge in [0.2, 0.25) is 21.8 Å². The van der Waals surface area contributed by atoms with Crippen LogP contribution in [0, 0.1) is 0 Å². The van der Waals surface area contributed by atoms with Crippen molar-refractivity contribution in [3.05, 3.63) is 65.7 Å². The Hall–Kier alpha value is -3.08. The number of carbonyl (C=O) groups is 2. The molecule has 1 N–H and O–H groups in total. The maximum atomic E-state index is 13.6. The molecule has 0 spiro atoms. The number of amides is 2. The van der Waals surface area contributed by atoms with Crippen LogP contribution in [0.5, 0.6) is 0 Å². The van der Waals surface area contributed by atoms with E-state index in [9.17, 15) is 31.2 Å². The van der Waals surface area contributed by atoms with Crippen LogP contribution in [-0.4, -0.2) is 56.6 Å². The van der Waals surface area contributed by atoms with E-state index in [2.05, 4.69) is 5.32 Å². The van der Waals surface area contributed by atoms with E-state index in [-0.39, 0.29) is 30.6 Å². The fourth-order valence-corrected chi connectivity index (χ4v) is 4.63. The molecule has 0 aliphatic heterocycles. The van der Waals surface area contributed by atoms with Crippen molar-refractivity contribution < 1.29 is 31.2 Å². The predicted molar refractivity (Wildman–Crippen MR) is 137 cm³/mol. The van der Waals surface area contributed by atoms with Gasteiger partial charge in [0.05, 0.1) is 17.5 Å². The van der Waals surface area contributed by atoms with E-state index in [1.54, 1.807) is 6.92 Å². The molecule has 2 rings (SSSR count). The standard InChI is InChI=1S/C26H34F3N3O4S/c1-5-19(3)30-25(34)23(6-2)31(16-15-20-11-8-7-9-12-20)24(33)18-32(37(4,35)36)22-14-10-13-21(17-22)26(27,28)29/h7-14,17,19,23H,5-6,15-16,18H2,1-4H3,(H,30,34)/t19-,23-/m0/s1. The maximum absolute atomic E-state index is 13.6. The molecule has 204 valence electrons. The summed E-state index contributed by atoms with van der Waals surface area (Å²) in [5.41, 5.74) is -0.410. The van der Waals surface area contributed by atoms with Crippen LogP contribution in [-0.2, 0) is 32.2 Å². The molecule has 0 fully saturated rings. The highest BCUT2D eigenvalue weighted by molar-refractivity contribution is 7.92. The van der Waals surface area contributed by atoms with Gasteiger partial charge in [0.15, 0.2) is 0 Å². The lowest BCUT2D eigenvalue weighted by atomic mass is 10.1. The molecule has 2 aromatic carbocycles. The summed E-state index contributed by atoms with van der Waals surface area (Å²) in [5, 5.41) is 2.86. The Balaban J connectivity index is 2.42. The molecule has 0 radical (unpaired) electrons. The van der Waals surface area contributed by atoms with Crippen LogP contribution < -0.4 is 9.62 Å². The van der Waals surface area contributed by atoms with Gasteiger partial charge in [-0.05, 0) is 49.9 Å². The summed E-state index contributed by atoms with van der Waals surface area (Å²) in [5.74, 6) is -1.06. The average Bonchev–Trinajstić information content (AvgIpc) is 2.84. The summed E-state index contributed by atoms with van der Waals surface area (Å²) in [4.78, 5) is 27.9. The Morgan fingerprint density at radius 2 is 1.65 bits per heavy atom. The third kappa shape index (κ3) is 8.77. The molecule has 37 heavy (non-hydrogen) atoms. The minimum atomic E-state index is -4.69. The largest absolute Gasteiger partial charge is 0.416 e. The Bertz CT molecular complexity index is 1160. The van der Waals surface area contributed by atoms with Crippen molar-refractivity contribution in [2.75, 3.05) is 23.7 Å². The summed E-state index contributed by atoms with van der Waals surface area (Å²) in [6, 6.07) is 12.1. The van der Waals surface area contributed by atoms with Crippen LogP contribution in [0.15, 0.2) is 54.6 Å². The lowest BCUT2D eigenvalue weighted by Gasteiger charge is -2.33. The molecule has 0 aliphatic carbocycles. The fourth-order valence-electron chi connectivity index (χ4n) is 3.79. The fraction of sp³-hybridized carbons (Fsp3) is 0.462. The number of alkyl halides is 3. The van der Waals surface area contributed by atoms with Crippen LogP contribution in [0.25, 0.3) is 0 Å². The summed E-state index contributed by atoms with van der Waals surface area (Å²) < 4.78 is 65.6. The van der Waals surface area contributed by atoms with Crippen molar-refractivity contribution in [2.45, 2.75) is 58.3 Å². The van der Waals surface area contributed by atoms with E-state index < -0.39 is 40.3 Å². The van der Waals surface area contributed by atoms with Gasteiger partial charge < -0.3 is 10.2 Å². The summed E-state index contributed by atoms with van der Waals surface area (Å²) in [6.07, 6.45) is -2.51. The van der Waals surface area contributed by atoms with E-state index in [4.69, 9.17) is 0 Å². The van der Waals surface area contributed by atoms with Gasteiger partial charge >= 0.3 is 6.18 Å². The number of carbonyl (C=O) groups excluding carboxylic acids is 2. The van der Waals surface area contributed by atoms with Crippen molar-refractivity contribution in [3.8, 4) is 0 Å². The first-order chi connectivity index (χ1) is 17.3. The van der Waals surface area contributed by atoms with E-state index >= 15 is 0 Å². The highest BCUT2D eigenvalue weighted by Gasteiger charge is 2.34. The Morgan fingerprint density at radius 3 is 2.19 bits per heavy atom. The number of benzene rings is 2. The molecule has 0 aromatic heterocycles. The lowest BCUT2D eigenvalue weighted by Crippen LogP contribution is -2.54. The zero-order chi connectivity index (χ0) is 27.8. The van der Waals surface area contributed by atoms with E-state index in [0.717, 1.165) is 24.0 Å². The molecule has 0 aliphatic rings. The van der Waals surface area contributed by atoms with Crippen molar-refractivity contribution in [1.82, 2.24) is 10.2 Å². The third-order valence-electron chi connectivity index (χ3n) is 6.01. The van der Waals surface area contributed by atoms with Gasteiger partial charge in [-0.15, -0.1) is 0 Å². The molecule has 0 saturated carbocycles. The second-order valence-corrected chi connectivity index (χ2v) is 10.8. The molecule has 0 unspecified atom stereocenters. The molecular weight excluding hydrogens is 507 g/mol. The molecular formula is C26H34F3N3O4S. The number of rotatable bonds is 12. The van der Waals surface area contributed by atoms with E-state index in [1.165, 1.54) is 11.0 Å². The molecule has 2 amide bonds. The van der Waals surface area contributed by atoms with Crippen molar-refractivity contribution in [3.63, 3.8) is 0 Å². The molecule has 0 saturated heterocycles. The van der Waals surface area contributed by atoms with Crippen LogP contribution in [0.1, 0.15) is 44.7 Å². The van der Waals surface area contributed by atoms with Gasteiger partial charge in [0.1, 0.15) is 12.6 Å². The molecule has 0 heterocycles. The third-order valence-corrected chi connectivity index (χ3v) is 7.15. The van der Waals surface area contributed by atoms with Gasteiger partial charge in [-0.3, -0.25) is 13.9 Å². The Kier molecular flexibility index (Phi) is 10.5. The van der Waals surface area contributed by atoms with Crippen LogP contribution in [0.2, 0.25) is 0 Å². The summed E-state index contributed by atoms with van der Waals surface area (Å²) >= 11 is 0. The number of hydrogen-bond donors (Lipinski definition) is 1. The second-order valence-electron chi connectivity index (χ2n) is 8.88. The number of sulfonamides is 1. The first-order valence-corrected chi connectivity index (χ1v) is 13.9. The predicted octanol–water partition coefficient (Wildman–Crippen LogP) is 4.24. The number of hydrogen-bond acceptors (Lipinski definition) is 4.